The molecule has 0 radical (unpaired) electrons. The Bertz CT molecular complexity index is 1600. The molecule has 0 unspecified atom stereocenters. The molecule has 0 amide bonds. The van der Waals surface area contributed by atoms with Gasteiger partial charge in [-0.15, -0.1) is 0 Å². The van der Waals surface area contributed by atoms with E-state index in [0.29, 0.717) is 32.1 Å². The summed E-state index contributed by atoms with van der Waals surface area (Å²) in [5.41, 5.74) is -3.03. The molecule has 0 bridgehead atoms. The topological polar surface area (TPSA) is 149 Å². The Balaban J connectivity index is 2.13. The van der Waals surface area contributed by atoms with E-state index >= 15 is 0 Å². The van der Waals surface area contributed by atoms with Gasteiger partial charge in [-0.25, -0.2) is 9.59 Å². The Morgan fingerprint density at radius 1 is 0.656 bits per heavy atom. The zero-order valence-corrected chi connectivity index (χ0v) is 16.2. The van der Waals surface area contributed by atoms with Crippen LogP contribution < -0.4 is 5.22 Å². The molecule has 0 saturated heterocycles. The third-order valence-corrected chi connectivity index (χ3v) is 6.33. The number of carboxylic acid groups (broad SMARTS) is 4. The van der Waals surface area contributed by atoms with E-state index in [9.17, 15) is 39.6 Å². The Kier molecular flexibility index (Phi) is 3.82. The highest BCUT2D eigenvalue weighted by Gasteiger charge is 2.52. The predicted octanol–water partition coefficient (Wildman–Crippen LogP) is 2.85. The third-order valence-electron chi connectivity index (χ3n) is 6.33. The Labute approximate surface area is 178 Å². The molecule has 32 heavy (non-hydrogen) atoms. The molecule has 1 aliphatic rings. The van der Waals surface area contributed by atoms with E-state index in [0.717, 1.165) is 0 Å². The van der Waals surface area contributed by atoms with Crippen LogP contribution in [0.15, 0.2) is 42.5 Å². The lowest BCUT2D eigenvalue weighted by molar-refractivity contribution is -0.157. The van der Waals surface area contributed by atoms with Crippen LogP contribution in [0.5, 0.6) is 0 Å². The summed E-state index contributed by atoms with van der Waals surface area (Å²) >= 11 is 0. The van der Waals surface area contributed by atoms with Crippen molar-refractivity contribution in [3.8, 4) is 0 Å². The van der Waals surface area contributed by atoms with Gasteiger partial charge in [0, 0.05) is 5.56 Å². The highest BCUT2D eigenvalue weighted by Crippen LogP contribution is 2.42. The predicted molar refractivity (Wildman–Crippen MR) is 114 cm³/mol. The molecule has 158 valence electrons. The molecule has 4 aromatic carbocycles. The second-order valence-corrected chi connectivity index (χ2v) is 7.75. The van der Waals surface area contributed by atoms with Crippen LogP contribution in [0.2, 0.25) is 0 Å². The fourth-order valence-electron chi connectivity index (χ4n) is 4.95. The smallest absolute Gasteiger partial charge is 0.336 e. The van der Waals surface area contributed by atoms with Gasteiger partial charge in [-0.3, -0.25) is 9.59 Å². The molecule has 1 aliphatic carbocycles. The van der Waals surface area contributed by atoms with Crippen LogP contribution in [0.3, 0.4) is 0 Å². The summed E-state index contributed by atoms with van der Waals surface area (Å²) in [5, 5.41) is 42.8. The van der Waals surface area contributed by atoms with Crippen molar-refractivity contribution in [3.63, 3.8) is 0 Å². The van der Waals surface area contributed by atoms with Gasteiger partial charge in [0.15, 0.2) is 5.41 Å². The molecule has 0 spiro atoms. The first-order valence-corrected chi connectivity index (χ1v) is 9.58. The molecule has 4 aromatic rings. The highest BCUT2D eigenvalue weighted by molar-refractivity contribution is 6.27. The van der Waals surface area contributed by atoms with E-state index in [-0.39, 0.29) is 16.5 Å². The molecule has 0 heterocycles. The van der Waals surface area contributed by atoms with Gasteiger partial charge < -0.3 is 20.4 Å². The number of rotatable bonds is 4. The lowest BCUT2D eigenvalue weighted by atomic mass is 9.69. The number of benzene rings is 4. The lowest BCUT2D eigenvalue weighted by Crippen LogP contribution is -2.47. The Morgan fingerprint density at radius 2 is 1.22 bits per heavy atom. The molecule has 0 atom stereocenters. The van der Waals surface area contributed by atoms with Crippen molar-refractivity contribution in [3.05, 3.63) is 64.4 Å². The zero-order valence-electron chi connectivity index (χ0n) is 16.2. The summed E-state index contributed by atoms with van der Waals surface area (Å²) in [7, 11) is 0. The Hall–Kier alpha value is -4.46. The molecule has 5 rings (SSSR count). The molecule has 0 fully saturated rings. The van der Waals surface area contributed by atoms with Crippen LogP contribution in [0.1, 0.15) is 32.7 Å². The van der Waals surface area contributed by atoms with Crippen LogP contribution >= 0.6 is 0 Å². The first-order valence-electron chi connectivity index (χ1n) is 9.58. The van der Waals surface area contributed by atoms with Gasteiger partial charge in [0.1, 0.15) is 0 Å². The summed E-state index contributed by atoms with van der Waals surface area (Å²) in [6, 6.07) is 10.8. The fourth-order valence-corrected chi connectivity index (χ4v) is 4.95. The van der Waals surface area contributed by atoms with Crippen molar-refractivity contribution in [1.82, 2.24) is 0 Å². The minimum Gasteiger partial charge on any atom is -0.480 e. The van der Waals surface area contributed by atoms with Crippen LogP contribution in [0, 0.1) is 0 Å². The van der Waals surface area contributed by atoms with E-state index in [4.69, 9.17) is 0 Å². The summed E-state index contributed by atoms with van der Waals surface area (Å²) < 4.78 is 0. The average molecular weight is 430 g/mol. The number of aromatic carboxylic acids is 2. The number of carbonyl (C=O) groups is 4. The summed E-state index contributed by atoms with van der Waals surface area (Å²) in [6.45, 7) is 0. The van der Waals surface area contributed by atoms with Crippen molar-refractivity contribution in [2.24, 2.45) is 0 Å². The van der Waals surface area contributed by atoms with Crippen molar-refractivity contribution in [2.75, 3.05) is 0 Å². The standard InChI is InChI=1S/C24H14O8/c25-20(26)15-6-4-12-14-8-9-24(22(29)30,23(31)32)19-16(21(27)28)7-5-13(18(14)19)10-2-1-3-11(15)17(10)12/h1-8H,9H2,(H,25,26)(H,27,28)(H,29,30)(H,31,32). The fraction of sp³-hybridized carbons (Fsp3) is 0.0833. The number of aliphatic carboxylic acids is 2. The van der Waals surface area contributed by atoms with Crippen molar-refractivity contribution in [1.29, 1.82) is 0 Å². The Morgan fingerprint density at radius 3 is 1.84 bits per heavy atom. The minimum atomic E-state index is -2.46. The van der Waals surface area contributed by atoms with Crippen molar-refractivity contribution < 1.29 is 39.6 Å². The molecular formula is C24H14O8. The largest absolute Gasteiger partial charge is 0.480 e. The number of carboxylic acids is 4. The van der Waals surface area contributed by atoms with E-state index in [1.807, 2.05) is 0 Å². The highest BCUT2D eigenvalue weighted by atomic mass is 16.4. The van der Waals surface area contributed by atoms with Gasteiger partial charge in [0.05, 0.1) is 11.1 Å². The molecule has 0 aliphatic heterocycles. The number of hydrogen-bond donors (Lipinski definition) is 4. The van der Waals surface area contributed by atoms with Crippen LogP contribution in [-0.2, 0) is 15.0 Å². The van der Waals surface area contributed by atoms with Gasteiger partial charge in [0.25, 0.3) is 0 Å². The monoisotopic (exact) mass is 430 g/mol. The van der Waals surface area contributed by atoms with Crippen molar-refractivity contribution >= 4 is 62.3 Å². The normalized spacial score (nSPS) is 14.4. The van der Waals surface area contributed by atoms with Gasteiger partial charge in [-0.2, -0.15) is 0 Å². The minimum absolute atomic E-state index is 0.0956. The van der Waals surface area contributed by atoms with E-state index in [1.54, 1.807) is 24.3 Å². The van der Waals surface area contributed by atoms with E-state index in [2.05, 4.69) is 0 Å². The van der Waals surface area contributed by atoms with E-state index < -0.39 is 41.3 Å². The maximum absolute atomic E-state index is 12.3. The quantitative estimate of drug-likeness (QED) is 0.219. The molecule has 4 N–H and O–H groups in total. The maximum atomic E-state index is 12.3. The number of fused-ring (bicyclic) bond motifs is 2. The van der Waals surface area contributed by atoms with Crippen LogP contribution in [0.25, 0.3) is 38.4 Å². The summed E-state index contributed by atoms with van der Waals surface area (Å²) in [5.74, 6) is -5.83. The zero-order chi connectivity index (χ0) is 22.9. The third kappa shape index (κ3) is 2.20. The summed E-state index contributed by atoms with van der Waals surface area (Å²) in [4.78, 5) is 48.3. The molecule has 0 saturated carbocycles. The van der Waals surface area contributed by atoms with Gasteiger partial charge >= 0.3 is 23.9 Å². The van der Waals surface area contributed by atoms with Gasteiger partial charge in [-0.05, 0) is 56.1 Å². The van der Waals surface area contributed by atoms with Crippen molar-refractivity contribution in [2.45, 2.75) is 11.8 Å². The molecule has 0 aromatic heterocycles. The SMILES string of the molecule is O=C(O)c1ccc2c3c1C(C(=O)O)(C(=O)O)CC=c3c1ccc(C(=O)O)c3cccc2c31. The number of hydrogen-bond acceptors (Lipinski definition) is 4. The molecule has 8 heteroatoms. The molecular weight excluding hydrogens is 416 g/mol. The first-order chi connectivity index (χ1) is 15.2. The van der Waals surface area contributed by atoms with Crippen LogP contribution in [0.4, 0.5) is 0 Å². The second kappa shape index (κ2) is 6.27. The summed E-state index contributed by atoms with van der Waals surface area (Å²) in [6.07, 6.45) is 1.04. The average Bonchev–Trinajstić information content (AvgIpc) is 2.75. The van der Waals surface area contributed by atoms with E-state index in [1.165, 1.54) is 24.3 Å². The van der Waals surface area contributed by atoms with Crippen LogP contribution in [-0.4, -0.2) is 44.3 Å². The van der Waals surface area contributed by atoms with Gasteiger partial charge in [-0.1, -0.05) is 36.4 Å². The second-order valence-electron chi connectivity index (χ2n) is 7.75. The first kappa shape index (κ1) is 19.5. The van der Waals surface area contributed by atoms with Gasteiger partial charge in [0.2, 0.25) is 0 Å². The lowest BCUT2D eigenvalue weighted by Gasteiger charge is -2.31. The maximum Gasteiger partial charge on any atom is 0.336 e. The molecule has 8 nitrogen and oxygen atoms in total.